The molecule has 0 bridgehead atoms. The van der Waals surface area contributed by atoms with Gasteiger partial charge in [0.1, 0.15) is 11.6 Å². The molecule has 1 nitrogen and oxygen atoms in total. The van der Waals surface area contributed by atoms with Crippen LogP contribution >= 0.6 is 11.8 Å². The highest BCUT2D eigenvalue weighted by Gasteiger charge is 1.93. The van der Waals surface area contributed by atoms with Gasteiger partial charge in [-0.05, 0) is 42.7 Å². The molecule has 0 fully saturated rings. The van der Waals surface area contributed by atoms with E-state index in [0.717, 1.165) is 17.9 Å². The van der Waals surface area contributed by atoms with E-state index in [1.165, 1.54) is 12.1 Å². The highest BCUT2D eigenvalue weighted by Crippen LogP contribution is 2.11. The van der Waals surface area contributed by atoms with E-state index < -0.39 is 0 Å². The van der Waals surface area contributed by atoms with Gasteiger partial charge in [-0.1, -0.05) is 0 Å². The summed E-state index contributed by atoms with van der Waals surface area (Å²) in [5, 5.41) is 0. The summed E-state index contributed by atoms with van der Waals surface area (Å²) in [4.78, 5) is 0. The van der Waals surface area contributed by atoms with Gasteiger partial charge in [-0.2, -0.15) is 11.8 Å². The molecule has 0 aliphatic rings. The van der Waals surface area contributed by atoms with Crippen LogP contribution in [0.15, 0.2) is 24.3 Å². The van der Waals surface area contributed by atoms with Gasteiger partial charge in [-0.25, -0.2) is 4.39 Å². The Kier molecular flexibility index (Phi) is 4.68. The lowest BCUT2D eigenvalue weighted by Crippen LogP contribution is -1.98. The van der Waals surface area contributed by atoms with Crippen molar-refractivity contribution in [1.29, 1.82) is 0 Å². The minimum atomic E-state index is -0.225. The molecule has 13 heavy (non-hydrogen) atoms. The van der Waals surface area contributed by atoms with Crippen molar-refractivity contribution in [1.82, 2.24) is 0 Å². The fourth-order valence-corrected chi connectivity index (χ4v) is 1.33. The summed E-state index contributed by atoms with van der Waals surface area (Å²) in [5.41, 5.74) is 0. The number of hydrogen-bond acceptors (Lipinski definition) is 2. The molecular formula is C10H13FOS. The van der Waals surface area contributed by atoms with Gasteiger partial charge in [0, 0.05) is 0 Å². The SMILES string of the molecule is CSCCCOc1ccc(F)cc1. The molecule has 0 N–H and O–H groups in total. The number of ether oxygens (including phenoxy) is 1. The van der Waals surface area contributed by atoms with Gasteiger partial charge in [-0.3, -0.25) is 0 Å². The molecule has 0 amide bonds. The second-order valence-electron chi connectivity index (χ2n) is 2.65. The molecule has 0 saturated carbocycles. The largest absolute Gasteiger partial charge is 0.494 e. The smallest absolute Gasteiger partial charge is 0.123 e. The molecule has 72 valence electrons. The van der Waals surface area contributed by atoms with Crippen LogP contribution in [-0.2, 0) is 0 Å². The van der Waals surface area contributed by atoms with Gasteiger partial charge in [0.2, 0.25) is 0 Å². The third kappa shape index (κ3) is 4.18. The number of rotatable bonds is 5. The number of halogens is 1. The summed E-state index contributed by atoms with van der Waals surface area (Å²) in [5.74, 6) is 1.61. The number of benzene rings is 1. The number of thioether (sulfide) groups is 1. The fraction of sp³-hybridized carbons (Fsp3) is 0.400. The molecular weight excluding hydrogens is 187 g/mol. The molecule has 0 atom stereocenters. The first-order chi connectivity index (χ1) is 6.33. The van der Waals surface area contributed by atoms with Crippen LogP contribution in [0, 0.1) is 5.82 Å². The maximum Gasteiger partial charge on any atom is 0.123 e. The van der Waals surface area contributed by atoms with Crippen molar-refractivity contribution in [2.75, 3.05) is 18.6 Å². The first kappa shape index (κ1) is 10.4. The Morgan fingerprint density at radius 3 is 2.62 bits per heavy atom. The first-order valence-electron chi connectivity index (χ1n) is 4.20. The second kappa shape index (κ2) is 5.86. The van der Waals surface area contributed by atoms with Crippen molar-refractivity contribution < 1.29 is 9.13 Å². The van der Waals surface area contributed by atoms with E-state index in [0.29, 0.717) is 6.61 Å². The van der Waals surface area contributed by atoms with E-state index >= 15 is 0 Å². The first-order valence-corrected chi connectivity index (χ1v) is 5.59. The van der Waals surface area contributed by atoms with Gasteiger partial charge in [0.05, 0.1) is 6.61 Å². The van der Waals surface area contributed by atoms with Crippen LogP contribution in [-0.4, -0.2) is 18.6 Å². The van der Waals surface area contributed by atoms with Crippen LogP contribution in [0.25, 0.3) is 0 Å². The van der Waals surface area contributed by atoms with Crippen LogP contribution in [0.1, 0.15) is 6.42 Å². The molecule has 0 radical (unpaired) electrons. The van der Waals surface area contributed by atoms with Crippen LogP contribution < -0.4 is 4.74 Å². The normalized spacial score (nSPS) is 10.0. The molecule has 0 saturated heterocycles. The Morgan fingerprint density at radius 1 is 1.31 bits per heavy atom. The van der Waals surface area contributed by atoms with Crippen molar-refractivity contribution in [3.05, 3.63) is 30.1 Å². The molecule has 0 aliphatic heterocycles. The summed E-state index contributed by atoms with van der Waals surface area (Å²) >= 11 is 1.80. The molecule has 0 aromatic heterocycles. The maximum absolute atomic E-state index is 12.5. The summed E-state index contributed by atoms with van der Waals surface area (Å²) < 4.78 is 17.9. The Labute approximate surface area is 82.3 Å². The zero-order chi connectivity index (χ0) is 9.52. The molecule has 1 rings (SSSR count). The topological polar surface area (TPSA) is 9.23 Å². The Bertz CT molecular complexity index is 235. The molecule has 0 unspecified atom stereocenters. The summed E-state index contributed by atoms with van der Waals surface area (Å²) in [6.07, 6.45) is 3.09. The summed E-state index contributed by atoms with van der Waals surface area (Å²) in [6.45, 7) is 0.701. The average molecular weight is 200 g/mol. The third-order valence-electron chi connectivity index (χ3n) is 1.58. The highest BCUT2D eigenvalue weighted by atomic mass is 32.2. The van der Waals surface area contributed by atoms with Crippen LogP contribution in [0.5, 0.6) is 5.75 Å². The van der Waals surface area contributed by atoms with Gasteiger partial charge in [0.25, 0.3) is 0 Å². The molecule has 0 spiro atoms. The van der Waals surface area contributed by atoms with Crippen molar-refractivity contribution >= 4 is 11.8 Å². The minimum absolute atomic E-state index is 0.225. The summed E-state index contributed by atoms with van der Waals surface area (Å²) in [7, 11) is 0. The maximum atomic E-state index is 12.5. The lowest BCUT2D eigenvalue weighted by Gasteiger charge is -2.04. The Hall–Kier alpha value is -0.700. The number of hydrogen-bond donors (Lipinski definition) is 0. The van der Waals surface area contributed by atoms with E-state index in [4.69, 9.17) is 4.74 Å². The predicted octanol–water partition coefficient (Wildman–Crippen LogP) is 2.96. The lowest BCUT2D eigenvalue weighted by atomic mass is 10.3. The van der Waals surface area contributed by atoms with E-state index in [2.05, 4.69) is 6.26 Å². The molecule has 1 aromatic carbocycles. The monoisotopic (exact) mass is 200 g/mol. The second-order valence-corrected chi connectivity index (χ2v) is 3.63. The third-order valence-corrected chi connectivity index (χ3v) is 2.27. The lowest BCUT2D eigenvalue weighted by molar-refractivity contribution is 0.318. The summed E-state index contributed by atoms with van der Waals surface area (Å²) in [6, 6.07) is 6.11. The molecule has 0 aliphatic carbocycles. The fourth-order valence-electron chi connectivity index (χ4n) is 0.924. The van der Waals surface area contributed by atoms with Crippen LogP contribution in [0.3, 0.4) is 0 Å². The van der Waals surface area contributed by atoms with Gasteiger partial charge in [0.15, 0.2) is 0 Å². The van der Waals surface area contributed by atoms with E-state index in [1.54, 1.807) is 23.9 Å². The predicted molar refractivity (Wildman–Crippen MR) is 54.9 cm³/mol. The zero-order valence-electron chi connectivity index (χ0n) is 7.63. The van der Waals surface area contributed by atoms with E-state index in [1.807, 2.05) is 0 Å². The van der Waals surface area contributed by atoms with Gasteiger partial charge in [-0.15, -0.1) is 0 Å². The zero-order valence-corrected chi connectivity index (χ0v) is 8.44. The standard InChI is InChI=1S/C10H13FOS/c1-13-8-2-7-12-10-5-3-9(11)4-6-10/h3-6H,2,7-8H2,1H3. The van der Waals surface area contributed by atoms with Crippen molar-refractivity contribution in [2.24, 2.45) is 0 Å². The van der Waals surface area contributed by atoms with Crippen molar-refractivity contribution in [3.63, 3.8) is 0 Å². The van der Waals surface area contributed by atoms with Crippen LogP contribution in [0.4, 0.5) is 4.39 Å². The minimum Gasteiger partial charge on any atom is -0.494 e. The van der Waals surface area contributed by atoms with E-state index in [9.17, 15) is 4.39 Å². The van der Waals surface area contributed by atoms with Crippen LogP contribution in [0.2, 0.25) is 0 Å². The average Bonchev–Trinajstić information content (AvgIpc) is 2.15. The Morgan fingerprint density at radius 2 is 2.00 bits per heavy atom. The molecule has 1 aromatic rings. The Balaban J connectivity index is 2.25. The van der Waals surface area contributed by atoms with Gasteiger partial charge < -0.3 is 4.74 Å². The highest BCUT2D eigenvalue weighted by molar-refractivity contribution is 7.98. The van der Waals surface area contributed by atoms with Crippen molar-refractivity contribution in [2.45, 2.75) is 6.42 Å². The quantitative estimate of drug-likeness (QED) is 0.676. The molecule has 0 heterocycles. The van der Waals surface area contributed by atoms with E-state index in [-0.39, 0.29) is 5.82 Å². The molecule has 3 heteroatoms. The van der Waals surface area contributed by atoms with Crippen molar-refractivity contribution in [3.8, 4) is 5.75 Å². The van der Waals surface area contributed by atoms with Gasteiger partial charge >= 0.3 is 0 Å².